The molecule has 0 fully saturated rings. The van der Waals surface area contributed by atoms with Crippen molar-refractivity contribution < 1.29 is 14.4 Å². The number of hydrogen-bond acceptors (Lipinski definition) is 6. The van der Waals surface area contributed by atoms with Gasteiger partial charge in [0, 0.05) is 12.7 Å². The van der Waals surface area contributed by atoms with Gasteiger partial charge in [-0.1, -0.05) is 6.07 Å². The standard InChI is InChI=1S/C18H13N3O3S2/c1-9-14(26-16(19-9)13-4-3-7-25-13)15(22)20-10-5-6-11-12(8-10)18(24)21(2)17(11)23/h3-8H,1-2H3,(H,20,22). The van der Waals surface area contributed by atoms with Crippen molar-refractivity contribution in [1.29, 1.82) is 0 Å². The fourth-order valence-corrected chi connectivity index (χ4v) is 4.50. The number of aryl methyl sites for hydroxylation is 1. The molecule has 1 aliphatic rings. The van der Waals surface area contributed by atoms with Crippen molar-refractivity contribution in [2.45, 2.75) is 6.92 Å². The van der Waals surface area contributed by atoms with Gasteiger partial charge in [-0.25, -0.2) is 4.98 Å². The molecule has 0 unspecified atom stereocenters. The van der Waals surface area contributed by atoms with Crippen molar-refractivity contribution in [2.75, 3.05) is 12.4 Å². The Morgan fingerprint density at radius 1 is 1.15 bits per heavy atom. The van der Waals surface area contributed by atoms with Crippen LogP contribution in [0.4, 0.5) is 5.69 Å². The smallest absolute Gasteiger partial charge is 0.267 e. The van der Waals surface area contributed by atoms with Crippen LogP contribution >= 0.6 is 22.7 Å². The first kappa shape index (κ1) is 16.6. The fourth-order valence-electron chi connectivity index (χ4n) is 2.74. The Kier molecular flexibility index (Phi) is 3.93. The van der Waals surface area contributed by atoms with Gasteiger partial charge in [0.25, 0.3) is 17.7 Å². The van der Waals surface area contributed by atoms with Crippen LogP contribution in [-0.2, 0) is 0 Å². The number of hydrogen-bond donors (Lipinski definition) is 1. The molecule has 0 saturated heterocycles. The molecule has 26 heavy (non-hydrogen) atoms. The van der Waals surface area contributed by atoms with Gasteiger partial charge in [-0.15, -0.1) is 22.7 Å². The lowest BCUT2D eigenvalue weighted by molar-refractivity contribution is 0.0692. The lowest BCUT2D eigenvalue weighted by atomic mass is 10.1. The number of carbonyl (C=O) groups is 3. The molecule has 0 atom stereocenters. The fraction of sp³-hybridized carbons (Fsp3) is 0.111. The number of thiazole rings is 1. The molecule has 3 heterocycles. The Morgan fingerprint density at radius 2 is 1.92 bits per heavy atom. The number of fused-ring (bicyclic) bond motifs is 1. The first-order valence-corrected chi connectivity index (χ1v) is 9.44. The summed E-state index contributed by atoms with van der Waals surface area (Å²) in [6, 6.07) is 8.62. The molecule has 8 heteroatoms. The van der Waals surface area contributed by atoms with Crippen molar-refractivity contribution in [2.24, 2.45) is 0 Å². The molecule has 4 rings (SSSR count). The van der Waals surface area contributed by atoms with E-state index >= 15 is 0 Å². The average molecular weight is 383 g/mol. The number of aromatic nitrogens is 1. The van der Waals surface area contributed by atoms with E-state index in [0.29, 0.717) is 27.4 Å². The number of thiophene rings is 1. The molecule has 0 bridgehead atoms. The number of amides is 3. The molecule has 0 saturated carbocycles. The van der Waals surface area contributed by atoms with Crippen LogP contribution in [0, 0.1) is 6.92 Å². The second-order valence-electron chi connectivity index (χ2n) is 5.79. The molecule has 1 aliphatic heterocycles. The predicted molar refractivity (Wildman–Crippen MR) is 101 cm³/mol. The van der Waals surface area contributed by atoms with Crippen LogP contribution < -0.4 is 5.32 Å². The molecule has 0 spiro atoms. The van der Waals surface area contributed by atoms with Crippen molar-refractivity contribution in [3.63, 3.8) is 0 Å². The van der Waals surface area contributed by atoms with Gasteiger partial charge in [-0.2, -0.15) is 0 Å². The van der Waals surface area contributed by atoms with Crippen LogP contribution in [0.3, 0.4) is 0 Å². The van der Waals surface area contributed by atoms with Gasteiger partial charge in [-0.3, -0.25) is 19.3 Å². The molecule has 1 aromatic carbocycles. The molecule has 130 valence electrons. The van der Waals surface area contributed by atoms with Gasteiger partial charge in [0.05, 0.1) is 21.7 Å². The number of rotatable bonds is 3. The maximum atomic E-state index is 12.6. The molecular weight excluding hydrogens is 370 g/mol. The third kappa shape index (κ3) is 2.63. The zero-order valence-electron chi connectivity index (χ0n) is 13.9. The zero-order valence-corrected chi connectivity index (χ0v) is 15.5. The van der Waals surface area contributed by atoms with Crippen LogP contribution in [0.5, 0.6) is 0 Å². The van der Waals surface area contributed by atoms with E-state index in [0.717, 1.165) is 14.8 Å². The number of imide groups is 1. The van der Waals surface area contributed by atoms with Gasteiger partial charge in [0.2, 0.25) is 0 Å². The number of carbonyl (C=O) groups excluding carboxylic acids is 3. The van der Waals surface area contributed by atoms with Gasteiger partial charge in [0.1, 0.15) is 9.88 Å². The molecule has 3 aromatic rings. The van der Waals surface area contributed by atoms with E-state index in [1.54, 1.807) is 30.4 Å². The van der Waals surface area contributed by atoms with Crippen molar-refractivity contribution in [3.8, 4) is 9.88 Å². The van der Waals surface area contributed by atoms with E-state index in [2.05, 4.69) is 10.3 Å². The highest BCUT2D eigenvalue weighted by Crippen LogP contribution is 2.32. The lowest BCUT2D eigenvalue weighted by Crippen LogP contribution is -2.24. The number of nitrogens with zero attached hydrogens (tertiary/aromatic N) is 2. The van der Waals surface area contributed by atoms with E-state index in [4.69, 9.17) is 0 Å². The minimum Gasteiger partial charge on any atom is -0.321 e. The normalized spacial score (nSPS) is 13.2. The minimum atomic E-state index is -0.366. The Bertz CT molecular complexity index is 1050. The average Bonchev–Trinajstić information content (AvgIpc) is 3.32. The number of nitrogens with one attached hydrogen (secondary N) is 1. The van der Waals surface area contributed by atoms with E-state index in [1.165, 1.54) is 24.5 Å². The Labute approximate surface area is 157 Å². The summed E-state index contributed by atoms with van der Waals surface area (Å²) in [5, 5.41) is 5.56. The van der Waals surface area contributed by atoms with Crippen molar-refractivity contribution >= 4 is 46.1 Å². The molecule has 2 aromatic heterocycles. The topological polar surface area (TPSA) is 79.4 Å². The Hall–Kier alpha value is -2.84. The van der Waals surface area contributed by atoms with Crippen LogP contribution in [-0.4, -0.2) is 34.7 Å². The van der Waals surface area contributed by atoms with Gasteiger partial charge < -0.3 is 5.32 Å². The molecule has 6 nitrogen and oxygen atoms in total. The molecular formula is C18H13N3O3S2. The summed E-state index contributed by atoms with van der Waals surface area (Å²) in [5.74, 6) is -0.982. The van der Waals surface area contributed by atoms with Crippen LogP contribution in [0.15, 0.2) is 35.7 Å². The van der Waals surface area contributed by atoms with Crippen molar-refractivity contribution in [3.05, 3.63) is 57.4 Å². The quantitative estimate of drug-likeness (QED) is 0.700. The largest absolute Gasteiger partial charge is 0.321 e. The highest BCUT2D eigenvalue weighted by atomic mass is 32.1. The Balaban J connectivity index is 1.60. The lowest BCUT2D eigenvalue weighted by Gasteiger charge is -2.05. The summed E-state index contributed by atoms with van der Waals surface area (Å²) >= 11 is 2.90. The second-order valence-corrected chi connectivity index (χ2v) is 7.74. The molecule has 3 amide bonds. The van der Waals surface area contributed by atoms with E-state index in [9.17, 15) is 14.4 Å². The minimum absolute atomic E-state index is 0.284. The predicted octanol–water partition coefficient (Wildman–Crippen LogP) is 3.66. The molecule has 0 aliphatic carbocycles. The monoisotopic (exact) mass is 383 g/mol. The van der Waals surface area contributed by atoms with E-state index in [1.807, 2.05) is 17.5 Å². The van der Waals surface area contributed by atoms with Gasteiger partial charge in [0.15, 0.2) is 0 Å². The number of benzene rings is 1. The van der Waals surface area contributed by atoms with Crippen LogP contribution in [0.25, 0.3) is 9.88 Å². The highest BCUT2D eigenvalue weighted by Gasteiger charge is 2.32. The van der Waals surface area contributed by atoms with Crippen molar-refractivity contribution in [1.82, 2.24) is 9.88 Å². The van der Waals surface area contributed by atoms with E-state index < -0.39 is 0 Å². The number of anilines is 1. The van der Waals surface area contributed by atoms with E-state index in [-0.39, 0.29) is 17.7 Å². The maximum absolute atomic E-state index is 12.6. The summed E-state index contributed by atoms with van der Waals surface area (Å²) in [6.07, 6.45) is 0. The summed E-state index contributed by atoms with van der Waals surface area (Å²) in [7, 11) is 1.44. The zero-order chi connectivity index (χ0) is 18.4. The molecule has 0 radical (unpaired) electrons. The first-order valence-electron chi connectivity index (χ1n) is 7.75. The summed E-state index contributed by atoms with van der Waals surface area (Å²) in [5.41, 5.74) is 1.78. The molecule has 1 N–H and O–H groups in total. The summed E-state index contributed by atoms with van der Waals surface area (Å²) in [4.78, 5) is 43.7. The summed E-state index contributed by atoms with van der Waals surface area (Å²) < 4.78 is 0. The summed E-state index contributed by atoms with van der Waals surface area (Å²) in [6.45, 7) is 1.79. The third-order valence-electron chi connectivity index (χ3n) is 4.08. The highest BCUT2D eigenvalue weighted by molar-refractivity contribution is 7.22. The van der Waals surface area contributed by atoms with Crippen LogP contribution in [0.1, 0.15) is 36.1 Å². The maximum Gasteiger partial charge on any atom is 0.267 e. The SMILES string of the molecule is Cc1nc(-c2cccs2)sc1C(=O)Nc1ccc2c(c1)C(=O)N(C)C2=O. The first-order chi connectivity index (χ1) is 12.5. The van der Waals surface area contributed by atoms with Gasteiger partial charge >= 0.3 is 0 Å². The van der Waals surface area contributed by atoms with Crippen LogP contribution in [0.2, 0.25) is 0 Å². The second kappa shape index (κ2) is 6.15. The Morgan fingerprint density at radius 3 is 2.65 bits per heavy atom. The van der Waals surface area contributed by atoms with Gasteiger partial charge in [-0.05, 0) is 36.6 Å². The third-order valence-corrected chi connectivity index (χ3v) is 6.28.